The van der Waals surface area contributed by atoms with Crippen LogP contribution in [0.5, 0.6) is 11.5 Å². The highest BCUT2D eigenvalue weighted by molar-refractivity contribution is 9.11. The molecular weight excluding hydrogens is 492 g/mol. The van der Waals surface area contributed by atoms with Gasteiger partial charge in [-0.2, -0.15) is 4.31 Å². The zero-order chi connectivity index (χ0) is 21.7. The average molecular weight is 517 g/mol. The second kappa shape index (κ2) is 10.1. The average Bonchev–Trinajstić information content (AvgIpc) is 3.20. The van der Waals surface area contributed by atoms with Gasteiger partial charge in [0.2, 0.25) is 5.91 Å². The molecule has 10 heteroatoms. The first-order valence-corrected chi connectivity index (χ1v) is 12.6. The maximum Gasteiger partial charge on any atom is 0.252 e. The lowest BCUT2D eigenvalue weighted by molar-refractivity contribution is -0.126. The van der Waals surface area contributed by atoms with Crippen LogP contribution in [0.25, 0.3) is 0 Å². The van der Waals surface area contributed by atoms with E-state index >= 15 is 0 Å². The Morgan fingerprint density at radius 2 is 2.00 bits per heavy atom. The largest absolute Gasteiger partial charge is 0.493 e. The van der Waals surface area contributed by atoms with Crippen LogP contribution >= 0.6 is 27.3 Å². The summed E-state index contributed by atoms with van der Waals surface area (Å²) < 4.78 is 38.7. The Hall–Kier alpha value is -1.62. The van der Waals surface area contributed by atoms with Crippen LogP contribution in [0.1, 0.15) is 18.4 Å². The van der Waals surface area contributed by atoms with E-state index in [-0.39, 0.29) is 18.4 Å². The molecule has 1 aromatic heterocycles. The summed E-state index contributed by atoms with van der Waals surface area (Å²) in [6, 6.07) is 8.97. The van der Waals surface area contributed by atoms with Gasteiger partial charge in [-0.25, -0.2) is 8.42 Å². The highest BCUT2D eigenvalue weighted by Crippen LogP contribution is 2.31. The third-order valence-electron chi connectivity index (χ3n) is 5.06. The summed E-state index contributed by atoms with van der Waals surface area (Å²) in [6.07, 6.45) is 1.99. The first-order valence-electron chi connectivity index (χ1n) is 9.59. The van der Waals surface area contributed by atoms with Crippen molar-refractivity contribution in [1.82, 2.24) is 9.62 Å². The van der Waals surface area contributed by atoms with Crippen molar-refractivity contribution in [2.75, 3.05) is 33.9 Å². The Morgan fingerprint density at radius 3 is 2.67 bits per heavy atom. The summed E-state index contributed by atoms with van der Waals surface area (Å²) in [5, 5.41) is 2.95. The Bertz CT molecular complexity index is 993. The predicted octanol–water partition coefficient (Wildman–Crippen LogP) is 3.29. The number of carbonyl (C=O) groups excluding carboxylic acids is 1. The smallest absolute Gasteiger partial charge is 0.252 e. The molecule has 2 heterocycles. The van der Waals surface area contributed by atoms with Crippen LogP contribution in [0.3, 0.4) is 0 Å². The van der Waals surface area contributed by atoms with Crippen molar-refractivity contribution in [2.45, 2.75) is 23.5 Å². The minimum atomic E-state index is -3.57. The molecule has 7 nitrogen and oxygen atoms in total. The first kappa shape index (κ1) is 23.1. The van der Waals surface area contributed by atoms with Crippen LogP contribution < -0.4 is 14.8 Å². The molecule has 0 saturated carbocycles. The summed E-state index contributed by atoms with van der Waals surface area (Å²) in [7, 11) is -0.399. The van der Waals surface area contributed by atoms with Gasteiger partial charge in [-0.1, -0.05) is 6.07 Å². The third kappa shape index (κ3) is 5.35. The van der Waals surface area contributed by atoms with Crippen LogP contribution in [0.2, 0.25) is 0 Å². The Kier molecular flexibility index (Phi) is 7.78. The molecule has 1 N–H and O–H groups in total. The van der Waals surface area contributed by atoms with Crippen molar-refractivity contribution < 1.29 is 22.7 Å². The number of carbonyl (C=O) groups is 1. The Morgan fingerprint density at radius 1 is 1.23 bits per heavy atom. The second-order valence-corrected chi connectivity index (χ2v) is 11.6. The minimum Gasteiger partial charge on any atom is -0.493 e. The number of halogens is 1. The van der Waals surface area contributed by atoms with Gasteiger partial charge < -0.3 is 14.8 Å². The van der Waals surface area contributed by atoms with Crippen molar-refractivity contribution in [1.29, 1.82) is 0 Å². The number of benzene rings is 1. The van der Waals surface area contributed by atoms with Crippen molar-refractivity contribution in [3.05, 3.63) is 39.7 Å². The minimum absolute atomic E-state index is 0.109. The molecule has 1 unspecified atom stereocenters. The number of amides is 1. The van der Waals surface area contributed by atoms with Crippen molar-refractivity contribution >= 4 is 43.2 Å². The maximum atomic E-state index is 12.8. The Balaban J connectivity index is 1.55. The summed E-state index contributed by atoms with van der Waals surface area (Å²) >= 11 is 4.49. The molecule has 1 saturated heterocycles. The SMILES string of the molecule is COc1ccc(CCNC(=O)C2CCCN(S(=O)(=O)c3ccc(Br)s3)C2)cc1OC. The van der Waals surface area contributed by atoms with Gasteiger partial charge in [0, 0.05) is 19.6 Å². The summed E-state index contributed by atoms with van der Waals surface area (Å²) in [5.41, 5.74) is 1.02. The van der Waals surface area contributed by atoms with E-state index < -0.39 is 10.0 Å². The highest BCUT2D eigenvalue weighted by Gasteiger charge is 2.33. The molecule has 1 aromatic carbocycles. The molecule has 1 atom stereocenters. The van der Waals surface area contributed by atoms with Gasteiger partial charge in [0.1, 0.15) is 4.21 Å². The molecule has 164 valence electrons. The van der Waals surface area contributed by atoms with Gasteiger partial charge in [-0.15, -0.1) is 11.3 Å². The molecule has 3 rings (SSSR count). The predicted molar refractivity (Wildman–Crippen MR) is 120 cm³/mol. The van der Waals surface area contributed by atoms with E-state index in [1.54, 1.807) is 26.4 Å². The number of nitrogens with one attached hydrogen (secondary N) is 1. The molecule has 1 aliphatic heterocycles. The first-order chi connectivity index (χ1) is 14.3. The van der Waals surface area contributed by atoms with Gasteiger partial charge in [-0.05, 0) is 65.0 Å². The molecular formula is C20H25BrN2O5S2. The van der Waals surface area contributed by atoms with Crippen LogP contribution in [-0.4, -0.2) is 52.5 Å². The molecule has 30 heavy (non-hydrogen) atoms. The molecule has 1 amide bonds. The van der Waals surface area contributed by atoms with Gasteiger partial charge in [-0.3, -0.25) is 4.79 Å². The van der Waals surface area contributed by atoms with Crippen molar-refractivity contribution in [2.24, 2.45) is 5.92 Å². The molecule has 0 aliphatic carbocycles. The molecule has 0 spiro atoms. The number of ether oxygens (including phenoxy) is 2. The zero-order valence-corrected chi connectivity index (χ0v) is 20.1. The maximum absolute atomic E-state index is 12.8. The van der Waals surface area contributed by atoms with E-state index in [0.29, 0.717) is 48.1 Å². The fraction of sp³-hybridized carbons (Fsp3) is 0.450. The topological polar surface area (TPSA) is 84.9 Å². The number of thiophene rings is 1. The lowest BCUT2D eigenvalue weighted by Gasteiger charge is -2.30. The molecule has 1 fully saturated rings. The Labute approximate surface area is 189 Å². The monoisotopic (exact) mass is 516 g/mol. The van der Waals surface area contributed by atoms with Crippen molar-refractivity contribution in [3.63, 3.8) is 0 Å². The number of nitrogens with zero attached hydrogens (tertiary/aromatic N) is 1. The van der Waals surface area contributed by atoms with Gasteiger partial charge >= 0.3 is 0 Å². The standard InChI is InChI=1S/C20H25BrN2O5S2/c1-27-16-6-5-14(12-17(16)28-2)9-10-22-20(24)15-4-3-11-23(13-15)30(25,26)19-8-7-18(21)29-19/h5-8,12,15H,3-4,9-11,13H2,1-2H3,(H,22,24). The molecule has 2 aromatic rings. The quantitative estimate of drug-likeness (QED) is 0.581. The molecule has 0 bridgehead atoms. The summed E-state index contributed by atoms with van der Waals surface area (Å²) in [4.78, 5) is 12.6. The third-order valence-corrected chi connectivity index (χ3v) is 9.01. The normalized spacial score (nSPS) is 17.5. The number of rotatable bonds is 8. The van der Waals surface area contributed by atoms with Gasteiger partial charge in [0.15, 0.2) is 11.5 Å². The van der Waals surface area contributed by atoms with E-state index in [0.717, 1.165) is 9.35 Å². The van der Waals surface area contributed by atoms with E-state index in [1.807, 2.05) is 18.2 Å². The summed E-state index contributed by atoms with van der Waals surface area (Å²) in [5.74, 6) is 0.853. The number of hydrogen-bond acceptors (Lipinski definition) is 6. The number of hydrogen-bond donors (Lipinski definition) is 1. The van der Waals surface area contributed by atoms with Crippen LogP contribution in [0.4, 0.5) is 0 Å². The number of sulfonamides is 1. The fourth-order valence-corrected chi connectivity index (χ4v) is 7.14. The zero-order valence-electron chi connectivity index (χ0n) is 16.9. The lowest BCUT2D eigenvalue weighted by Crippen LogP contribution is -2.45. The van der Waals surface area contributed by atoms with Gasteiger partial charge in [0.05, 0.1) is 23.9 Å². The van der Waals surface area contributed by atoms with E-state index in [2.05, 4.69) is 21.2 Å². The van der Waals surface area contributed by atoms with Crippen LogP contribution in [-0.2, 0) is 21.2 Å². The van der Waals surface area contributed by atoms with Crippen LogP contribution in [0, 0.1) is 5.92 Å². The highest BCUT2D eigenvalue weighted by atomic mass is 79.9. The molecule has 0 radical (unpaired) electrons. The fourth-order valence-electron chi connectivity index (χ4n) is 3.45. The van der Waals surface area contributed by atoms with E-state index in [4.69, 9.17) is 9.47 Å². The molecule has 1 aliphatic rings. The summed E-state index contributed by atoms with van der Waals surface area (Å²) in [6.45, 7) is 1.11. The number of piperidine rings is 1. The second-order valence-electron chi connectivity index (χ2n) is 6.99. The number of methoxy groups -OCH3 is 2. The van der Waals surface area contributed by atoms with Crippen molar-refractivity contribution in [3.8, 4) is 11.5 Å². The van der Waals surface area contributed by atoms with E-state index in [9.17, 15) is 13.2 Å². The van der Waals surface area contributed by atoms with Crippen LogP contribution in [0.15, 0.2) is 38.3 Å². The van der Waals surface area contributed by atoms with Gasteiger partial charge in [0.25, 0.3) is 10.0 Å². The lowest BCUT2D eigenvalue weighted by atomic mass is 9.99. The van der Waals surface area contributed by atoms with E-state index in [1.165, 1.54) is 15.6 Å².